The molecular weight excluding hydrogens is 237 g/mol. The number of nitrogens with two attached hydrogens (primary N) is 1. The fourth-order valence-electron chi connectivity index (χ4n) is 0.925. The molecule has 0 bridgehead atoms. The first-order valence-electron chi connectivity index (χ1n) is 3.34. The van der Waals surface area contributed by atoms with E-state index in [4.69, 9.17) is 17.3 Å². The number of hydrogen-bond acceptors (Lipinski definition) is 4. The zero-order valence-electron chi connectivity index (χ0n) is 7.74. The van der Waals surface area contributed by atoms with Crippen LogP contribution in [0.3, 0.4) is 0 Å². The van der Waals surface area contributed by atoms with Crippen molar-refractivity contribution in [3.05, 3.63) is 22.7 Å². The first-order chi connectivity index (χ1) is 5.84. The van der Waals surface area contributed by atoms with Crippen molar-refractivity contribution in [1.29, 1.82) is 0 Å². The van der Waals surface area contributed by atoms with Crippen LogP contribution in [0.2, 0.25) is 5.02 Å². The second-order valence-electron chi connectivity index (χ2n) is 2.56. The van der Waals surface area contributed by atoms with E-state index < -0.39 is 15.0 Å². The van der Waals surface area contributed by atoms with Crippen LogP contribution in [-0.4, -0.2) is 13.0 Å². The molecule has 4 nitrogen and oxygen atoms in total. The van der Waals surface area contributed by atoms with Crippen LogP contribution in [0, 0.1) is 6.92 Å². The van der Waals surface area contributed by atoms with E-state index in [0.29, 0.717) is 5.56 Å². The maximum Gasteiger partial charge on any atom is 1.00 e. The molecule has 0 heterocycles. The van der Waals surface area contributed by atoms with Crippen LogP contribution in [0.4, 0.5) is 5.69 Å². The number of halogens is 1. The molecule has 0 atom stereocenters. The van der Waals surface area contributed by atoms with Gasteiger partial charge in [0.05, 0.1) is 15.6 Å². The number of benzene rings is 1. The van der Waals surface area contributed by atoms with E-state index in [9.17, 15) is 13.0 Å². The maximum absolute atomic E-state index is 10.7. The van der Waals surface area contributed by atoms with Gasteiger partial charge in [-0.3, -0.25) is 0 Å². The molecular formula is C7H7ClNNaO3S. The molecule has 0 fully saturated rings. The van der Waals surface area contributed by atoms with E-state index in [2.05, 4.69) is 0 Å². The van der Waals surface area contributed by atoms with Crippen LogP contribution in [0.25, 0.3) is 0 Å². The van der Waals surface area contributed by atoms with E-state index in [1.165, 1.54) is 6.07 Å². The van der Waals surface area contributed by atoms with Crippen molar-refractivity contribution < 1.29 is 42.5 Å². The van der Waals surface area contributed by atoms with Gasteiger partial charge >= 0.3 is 29.6 Å². The minimum absolute atomic E-state index is 0. The second-order valence-corrected chi connectivity index (χ2v) is 4.28. The molecule has 0 saturated carbocycles. The zero-order chi connectivity index (χ0) is 10.2. The third-order valence-electron chi connectivity index (χ3n) is 1.62. The molecule has 2 N–H and O–H groups in total. The summed E-state index contributed by atoms with van der Waals surface area (Å²) in [5.74, 6) is 0. The molecule has 0 aliphatic heterocycles. The predicted octanol–water partition coefficient (Wildman–Crippen LogP) is -1.86. The zero-order valence-corrected chi connectivity index (χ0v) is 11.3. The summed E-state index contributed by atoms with van der Waals surface area (Å²) in [7, 11) is -4.59. The van der Waals surface area contributed by atoms with Crippen LogP contribution in [0.1, 0.15) is 5.56 Å². The van der Waals surface area contributed by atoms with Crippen molar-refractivity contribution in [3.8, 4) is 0 Å². The fourth-order valence-corrected chi connectivity index (χ4v) is 2.11. The Labute approximate surface area is 109 Å². The molecule has 0 unspecified atom stereocenters. The summed E-state index contributed by atoms with van der Waals surface area (Å²) < 4.78 is 32.1. The van der Waals surface area contributed by atoms with Crippen LogP contribution >= 0.6 is 11.6 Å². The normalized spacial score (nSPS) is 10.8. The van der Waals surface area contributed by atoms with Gasteiger partial charge in [-0.05, 0) is 18.6 Å². The second kappa shape index (κ2) is 4.83. The number of anilines is 1. The molecule has 1 aromatic rings. The van der Waals surface area contributed by atoms with Gasteiger partial charge in [0, 0.05) is 0 Å². The van der Waals surface area contributed by atoms with Gasteiger partial charge < -0.3 is 10.3 Å². The van der Waals surface area contributed by atoms with Gasteiger partial charge in [-0.15, -0.1) is 0 Å². The van der Waals surface area contributed by atoms with E-state index >= 15 is 0 Å². The Kier molecular flexibility index (Phi) is 4.90. The van der Waals surface area contributed by atoms with Gasteiger partial charge in [0.25, 0.3) is 0 Å². The Balaban J connectivity index is 0.00000169. The molecule has 7 heteroatoms. The SMILES string of the molecule is Cc1ccc(Cl)c(S(=O)(=O)[O-])c1N.[Na+]. The number of rotatable bonds is 1. The summed E-state index contributed by atoms with van der Waals surface area (Å²) in [6, 6.07) is 2.88. The summed E-state index contributed by atoms with van der Waals surface area (Å²) >= 11 is 5.53. The predicted molar refractivity (Wildman–Crippen MR) is 48.6 cm³/mol. The molecule has 0 spiro atoms. The minimum atomic E-state index is -4.59. The Morgan fingerprint density at radius 3 is 2.29 bits per heavy atom. The molecule has 0 saturated heterocycles. The molecule has 1 rings (SSSR count). The molecule has 0 amide bonds. The molecule has 0 aromatic heterocycles. The summed E-state index contributed by atoms with van der Waals surface area (Å²) in [6.07, 6.45) is 0. The van der Waals surface area contributed by atoms with Gasteiger partial charge in [0.15, 0.2) is 0 Å². The molecule has 0 radical (unpaired) electrons. The molecule has 1 aromatic carbocycles. The van der Waals surface area contributed by atoms with Gasteiger partial charge in [-0.1, -0.05) is 17.7 Å². The van der Waals surface area contributed by atoms with Crippen molar-refractivity contribution in [2.75, 3.05) is 5.73 Å². The van der Waals surface area contributed by atoms with E-state index in [1.54, 1.807) is 13.0 Å². The topological polar surface area (TPSA) is 83.2 Å². The quantitative estimate of drug-likeness (QED) is 0.356. The van der Waals surface area contributed by atoms with Crippen LogP contribution in [0.15, 0.2) is 17.0 Å². The van der Waals surface area contributed by atoms with E-state index in [0.717, 1.165) is 0 Å². The summed E-state index contributed by atoms with van der Waals surface area (Å²) in [4.78, 5) is -0.533. The Morgan fingerprint density at radius 2 is 1.93 bits per heavy atom. The Bertz CT molecular complexity index is 446. The van der Waals surface area contributed by atoms with Crippen LogP contribution in [-0.2, 0) is 10.1 Å². The van der Waals surface area contributed by atoms with Gasteiger partial charge in [-0.25, -0.2) is 8.42 Å². The number of nitrogen functional groups attached to an aromatic ring is 1. The van der Waals surface area contributed by atoms with Crippen molar-refractivity contribution in [3.63, 3.8) is 0 Å². The summed E-state index contributed by atoms with van der Waals surface area (Å²) in [5, 5.41) is -0.141. The fraction of sp³-hybridized carbons (Fsp3) is 0.143. The Hall–Kier alpha value is 0.220. The third kappa shape index (κ3) is 2.85. The van der Waals surface area contributed by atoms with Gasteiger partial charge in [-0.2, -0.15) is 0 Å². The summed E-state index contributed by atoms with van der Waals surface area (Å²) in [6.45, 7) is 1.60. The van der Waals surface area contributed by atoms with Crippen molar-refractivity contribution in [2.24, 2.45) is 0 Å². The smallest absolute Gasteiger partial charge is 0.744 e. The van der Waals surface area contributed by atoms with Gasteiger partial charge in [0.1, 0.15) is 10.1 Å². The standard InChI is InChI=1S/C7H8ClNO3S.Na/c1-4-2-3-5(8)7(6(4)9)13(10,11)12;/h2-3H,9H2,1H3,(H,10,11,12);/q;+1/p-1. The maximum atomic E-state index is 10.7. The van der Waals surface area contributed by atoms with E-state index in [1.807, 2.05) is 0 Å². The van der Waals surface area contributed by atoms with E-state index in [-0.39, 0.29) is 40.3 Å². The molecule has 72 valence electrons. The Morgan fingerprint density at radius 1 is 1.43 bits per heavy atom. The average Bonchev–Trinajstić information content (AvgIpc) is 1.95. The minimum Gasteiger partial charge on any atom is -0.744 e. The number of aryl methyl sites for hydroxylation is 1. The first kappa shape index (κ1) is 14.2. The third-order valence-corrected chi connectivity index (χ3v) is 2.98. The molecule has 14 heavy (non-hydrogen) atoms. The van der Waals surface area contributed by atoms with Crippen LogP contribution < -0.4 is 35.3 Å². The van der Waals surface area contributed by atoms with Crippen LogP contribution in [0.5, 0.6) is 0 Å². The molecule has 0 aliphatic carbocycles. The van der Waals surface area contributed by atoms with Crippen molar-refractivity contribution >= 4 is 27.4 Å². The number of hydrogen-bond donors (Lipinski definition) is 1. The average molecular weight is 244 g/mol. The summed E-state index contributed by atoms with van der Waals surface area (Å²) in [5.41, 5.74) is 5.84. The van der Waals surface area contributed by atoms with Crippen molar-refractivity contribution in [2.45, 2.75) is 11.8 Å². The first-order valence-corrected chi connectivity index (χ1v) is 5.13. The largest absolute Gasteiger partial charge is 1.00 e. The van der Waals surface area contributed by atoms with Crippen molar-refractivity contribution in [1.82, 2.24) is 0 Å². The van der Waals surface area contributed by atoms with Gasteiger partial charge in [0.2, 0.25) is 0 Å². The monoisotopic (exact) mass is 243 g/mol. The molecule has 0 aliphatic rings.